The first-order valence-corrected chi connectivity index (χ1v) is 4.75. The van der Waals surface area contributed by atoms with E-state index >= 15 is 0 Å². The van der Waals surface area contributed by atoms with Gasteiger partial charge in [-0.3, -0.25) is 4.79 Å². The Hall–Kier alpha value is -2.16. The Balaban J connectivity index is 2.64. The van der Waals surface area contributed by atoms with Crippen molar-refractivity contribution in [2.24, 2.45) is 0 Å². The maximum atomic E-state index is 11.3. The molecule has 1 radical (unpaired) electrons. The highest BCUT2D eigenvalue weighted by Gasteiger charge is 2.07. The lowest BCUT2D eigenvalue weighted by Gasteiger charge is -2.03. The van der Waals surface area contributed by atoms with Gasteiger partial charge in [-0.25, -0.2) is 4.79 Å². The van der Waals surface area contributed by atoms with Crippen LogP contribution in [0.1, 0.15) is 15.9 Å². The van der Waals surface area contributed by atoms with Crippen LogP contribution in [0.2, 0.25) is 0 Å². The topological polar surface area (TPSA) is 43.4 Å². The molecule has 0 saturated carbocycles. The Labute approximate surface area is 92.6 Å². The summed E-state index contributed by atoms with van der Waals surface area (Å²) in [5.41, 5.74) is 0.965. The number of carbonyl (C=O) groups is 1. The van der Waals surface area contributed by atoms with Crippen LogP contribution in [0.15, 0.2) is 36.4 Å². The van der Waals surface area contributed by atoms with Crippen molar-refractivity contribution in [3.05, 3.63) is 47.5 Å². The zero-order valence-electron chi connectivity index (χ0n) is 8.69. The third kappa shape index (κ3) is 1.67. The van der Waals surface area contributed by atoms with Crippen molar-refractivity contribution in [2.75, 3.05) is 7.11 Å². The molecule has 0 heterocycles. The first-order chi connectivity index (χ1) is 7.76. The molecule has 16 heavy (non-hydrogen) atoms. The van der Waals surface area contributed by atoms with Gasteiger partial charge in [0.25, 0.3) is 0 Å². The van der Waals surface area contributed by atoms with Gasteiger partial charge in [0.15, 0.2) is 0 Å². The fourth-order valence-corrected chi connectivity index (χ4v) is 1.62. The molecule has 3 heteroatoms. The minimum absolute atomic E-state index is 0.387. The molecule has 0 aliphatic rings. The van der Waals surface area contributed by atoms with Gasteiger partial charge in [-0.1, -0.05) is 24.3 Å². The maximum Gasteiger partial charge on any atom is 0.337 e. The number of esters is 1. The molecule has 3 nitrogen and oxygen atoms in total. The van der Waals surface area contributed by atoms with Gasteiger partial charge in [0.05, 0.1) is 12.7 Å². The highest BCUT2D eigenvalue weighted by Crippen LogP contribution is 2.19. The highest BCUT2D eigenvalue weighted by molar-refractivity contribution is 6.01. The zero-order valence-corrected chi connectivity index (χ0v) is 8.69. The van der Waals surface area contributed by atoms with Crippen LogP contribution < -0.4 is 0 Å². The van der Waals surface area contributed by atoms with Gasteiger partial charge in [-0.15, -0.1) is 0 Å². The lowest BCUT2D eigenvalue weighted by Crippen LogP contribution is -2.00. The van der Waals surface area contributed by atoms with Crippen LogP contribution in [0.3, 0.4) is 0 Å². The molecular formula is C13H9O3. The van der Waals surface area contributed by atoms with E-state index in [1.807, 2.05) is 12.4 Å². The van der Waals surface area contributed by atoms with E-state index in [4.69, 9.17) is 0 Å². The fourth-order valence-electron chi connectivity index (χ4n) is 1.62. The molecule has 0 aromatic heterocycles. The third-order valence-electron chi connectivity index (χ3n) is 2.41. The third-order valence-corrected chi connectivity index (χ3v) is 2.41. The lowest BCUT2D eigenvalue weighted by molar-refractivity contribution is 0.0601. The molecular weight excluding hydrogens is 204 g/mol. The maximum absolute atomic E-state index is 11.3. The van der Waals surface area contributed by atoms with Crippen molar-refractivity contribution in [2.45, 2.75) is 0 Å². The van der Waals surface area contributed by atoms with Gasteiger partial charge in [0.1, 0.15) is 0 Å². The van der Waals surface area contributed by atoms with Crippen LogP contribution in [0, 0.1) is 0 Å². The average Bonchev–Trinajstić information content (AvgIpc) is 2.36. The van der Waals surface area contributed by atoms with Crippen LogP contribution in [0.25, 0.3) is 10.8 Å². The molecule has 0 amide bonds. The van der Waals surface area contributed by atoms with Crippen molar-refractivity contribution >= 4 is 23.0 Å². The van der Waals surface area contributed by atoms with E-state index in [0.717, 1.165) is 10.8 Å². The second-order valence-electron chi connectivity index (χ2n) is 3.34. The monoisotopic (exact) mass is 213 g/mol. The number of carbonyl (C=O) groups excluding carboxylic acids is 2. The lowest BCUT2D eigenvalue weighted by atomic mass is 10.0. The average molecular weight is 213 g/mol. The van der Waals surface area contributed by atoms with Crippen LogP contribution in [-0.2, 0) is 9.53 Å². The summed E-state index contributed by atoms with van der Waals surface area (Å²) in [6, 6.07) is 10.3. The molecule has 0 N–H and O–H groups in total. The highest BCUT2D eigenvalue weighted by atomic mass is 16.5. The number of hydrogen-bond acceptors (Lipinski definition) is 3. The SMILES string of the molecule is COC(=O)c1ccc2c([C]=O)cccc2c1. The van der Waals surface area contributed by atoms with Gasteiger partial charge in [-0.05, 0) is 22.9 Å². The summed E-state index contributed by atoms with van der Waals surface area (Å²) in [6.45, 7) is 0. The van der Waals surface area contributed by atoms with Gasteiger partial charge in [-0.2, -0.15) is 0 Å². The molecule has 0 unspecified atom stereocenters. The molecule has 0 bridgehead atoms. The van der Waals surface area contributed by atoms with Gasteiger partial charge >= 0.3 is 5.97 Å². The Bertz CT molecular complexity index is 558. The Kier molecular flexibility index (Phi) is 2.68. The van der Waals surface area contributed by atoms with Crippen molar-refractivity contribution < 1.29 is 14.3 Å². The van der Waals surface area contributed by atoms with Gasteiger partial charge < -0.3 is 4.74 Å². The molecule has 0 aliphatic carbocycles. The number of rotatable bonds is 2. The number of methoxy groups -OCH3 is 1. The Morgan fingerprint density at radius 1 is 1.25 bits per heavy atom. The predicted molar refractivity (Wildman–Crippen MR) is 60.1 cm³/mol. The Morgan fingerprint density at radius 3 is 2.75 bits per heavy atom. The minimum atomic E-state index is -0.387. The smallest absolute Gasteiger partial charge is 0.337 e. The molecule has 0 saturated heterocycles. The van der Waals surface area contributed by atoms with E-state index < -0.39 is 0 Å². The van der Waals surface area contributed by atoms with Crippen molar-refractivity contribution in [1.29, 1.82) is 0 Å². The van der Waals surface area contributed by atoms with E-state index in [-0.39, 0.29) is 5.97 Å². The summed E-state index contributed by atoms with van der Waals surface area (Å²) in [7, 11) is 1.34. The number of ether oxygens (including phenoxy) is 1. The molecule has 0 atom stereocenters. The minimum Gasteiger partial charge on any atom is -0.465 e. The van der Waals surface area contributed by atoms with Crippen LogP contribution in [-0.4, -0.2) is 19.4 Å². The molecule has 2 aromatic rings. The van der Waals surface area contributed by atoms with Crippen molar-refractivity contribution in [3.8, 4) is 0 Å². The molecule has 0 aliphatic heterocycles. The van der Waals surface area contributed by atoms with Crippen LogP contribution in [0.4, 0.5) is 0 Å². The van der Waals surface area contributed by atoms with E-state index in [2.05, 4.69) is 4.74 Å². The summed E-state index contributed by atoms with van der Waals surface area (Å²) in [5, 5.41) is 1.61. The number of benzene rings is 2. The number of hydrogen-bond donors (Lipinski definition) is 0. The summed E-state index contributed by atoms with van der Waals surface area (Å²) in [4.78, 5) is 22.0. The van der Waals surface area contributed by atoms with Crippen molar-refractivity contribution in [3.63, 3.8) is 0 Å². The predicted octanol–water partition coefficient (Wildman–Crippen LogP) is 2.08. The van der Waals surface area contributed by atoms with Gasteiger partial charge in [0.2, 0.25) is 6.29 Å². The second kappa shape index (κ2) is 4.14. The van der Waals surface area contributed by atoms with Crippen molar-refractivity contribution in [1.82, 2.24) is 0 Å². The van der Waals surface area contributed by atoms with E-state index in [1.54, 1.807) is 30.3 Å². The van der Waals surface area contributed by atoms with Gasteiger partial charge in [0, 0.05) is 5.56 Å². The summed E-state index contributed by atoms with van der Waals surface area (Å²) < 4.78 is 4.63. The first kappa shape index (κ1) is 10.4. The summed E-state index contributed by atoms with van der Waals surface area (Å²) in [5.74, 6) is -0.387. The number of fused-ring (bicyclic) bond motifs is 1. The summed E-state index contributed by atoms with van der Waals surface area (Å²) in [6.07, 6.45) is 1.87. The standard InChI is InChI=1S/C13H9O3/c1-16-13(15)10-5-6-12-9(7-10)3-2-4-11(12)8-14/h2-7H,1H3. The normalized spacial score (nSPS) is 10.1. The Morgan fingerprint density at radius 2 is 2.06 bits per heavy atom. The molecule has 2 aromatic carbocycles. The fraction of sp³-hybridized carbons (Fsp3) is 0.0769. The molecule has 79 valence electrons. The molecule has 2 rings (SSSR count). The molecule has 0 fully saturated rings. The summed E-state index contributed by atoms with van der Waals surface area (Å²) >= 11 is 0. The second-order valence-corrected chi connectivity index (χ2v) is 3.34. The quantitative estimate of drug-likeness (QED) is 0.717. The van der Waals surface area contributed by atoms with E-state index in [1.165, 1.54) is 7.11 Å². The molecule has 0 spiro atoms. The van der Waals surface area contributed by atoms with Crippen LogP contribution in [0.5, 0.6) is 0 Å². The van der Waals surface area contributed by atoms with E-state index in [0.29, 0.717) is 11.1 Å². The van der Waals surface area contributed by atoms with E-state index in [9.17, 15) is 9.59 Å². The largest absolute Gasteiger partial charge is 0.465 e. The zero-order chi connectivity index (χ0) is 11.5. The van der Waals surface area contributed by atoms with Crippen LogP contribution >= 0.6 is 0 Å². The first-order valence-electron chi connectivity index (χ1n) is 4.75.